The van der Waals surface area contributed by atoms with Crippen LogP contribution in [0.15, 0.2) is 48.7 Å². The van der Waals surface area contributed by atoms with Crippen LogP contribution in [0.4, 0.5) is 20.2 Å². The number of hydrogen-bond donors (Lipinski definition) is 2. The number of carbonyl (C=O) groups is 2. The Kier molecular flexibility index (Phi) is 4.38. The zero-order valence-corrected chi connectivity index (χ0v) is 13.1. The summed E-state index contributed by atoms with van der Waals surface area (Å²) in [7, 11) is 0. The highest BCUT2D eigenvalue weighted by atomic mass is 19.1. The maximum Gasteiger partial charge on any atom is 0.256 e. The van der Waals surface area contributed by atoms with Gasteiger partial charge >= 0.3 is 0 Å². The SMILES string of the molecule is CC(=O)Nc1cc(NC(=O)c2cccc3ncccc23)c(F)cc1F. The van der Waals surface area contributed by atoms with Gasteiger partial charge in [0, 0.05) is 30.1 Å². The van der Waals surface area contributed by atoms with Crippen LogP contribution in [0, 0.1) is 11.6 Å². The molecule has 0 fully saturated rings. The van der Waals surface area contributed by atoms with E-state index >= 15 is 0 Å². The minimum Gasteiger partial charge on any atom is -0.324 e. The van der Waals surface area contributed by atoms with Crippen molar-refractivity contribution in [2.45, 2.75) is 6.92 Å². The fourth-order valence-electron chi connectivity index (χ4n) is 2.42. The van der Waals surface area contributed by atoms with Gasteiger partial charge in [-0.05, 0) is 24.3 Å². The van der Waals surface area contributed by atoms with E-state index in [0.717, 1.165) is 6.07 Å². The predicted molar refractivity (Wildman–Crippen MR) is 90.4 cm³/mol. The van der Waals surface area contributed by atoms with E-state index in [1.807, 2.05) is 0 Å². The molecule has 0 bridgehead atoms. The summed E-state index contributed by atoms with van der Waals surface area (Å²) in [6.07, 6.45) is 1.60. The molecule has 3 rings (SSSR count). The third-order valence-electron chi connectivity index (χ3n) is 3.51. The van der Waals surface area contributed by atoms with Crippen LogP contribution < -0.4 is 10.6 Å². The standard InChI is InChI=1S/C18H13F2N3O2/c1-10(24)22-16-9-17(14(20)8-13(16)19)23-18(25)12-4-2-6-15-11(12)5-3-7-21-15/h2-9H,1H3,(H,22,24)(H,23,25). The first-order valence-corrected chi connectivity index (χ1v) is 7.37. The van der Waals surface area contributed by atoms with Gasteiger partial charge < -0.3 is 10.6 Å². The molecule has 1 heterocycles. The summed E-state index contributed by atoms with van der Waals surface area (Å²) in [5.41, 5.74) is 0.462. The monoisotopic (exact) mass is 341 g/mol. The van der Waals surface area contributed by atoms with Crippen molar-refractivity contribution in [2.75, 3.05) is 10.6 Å². The molecular weight excluding hydrogens is 328 g/mol. The largest absolute Gasteiger partial charge is 0.324 e. The number of nitrogens with zero attached hydrogens (tertiary/aromatic N) is 1. The van der Waals surface area contributed by atoms with Crippen molar-refractivity contribution in [2.24, 2.45) is 0 Å². The first-order valence-electron chi connectivity index (χ1n) is 7.37. The average molecular weight is 341 g/mol. The second kappa shape index (κ2) is 6.64. The zero-order chi connectivity index (χ0) is 18.0. The highest BCUT2D eigenvalue weighted by Crippen LogP contribution is 2.25. The Hall–Kier alpha value is -3.35. The van der Waals surface area contributed by atoms with E-state index < -0.39 is 23.4 Å². The summed E-state index contributed by atoms with van der Waals surface area (Å²) in [5, 5.41) is 5.25. The Morgan fingerprint density at radius 2 is 1.68 bits per heavy atom. The molecule has 126 valence electrons. The summed E-state index contributed by atoms with van der Waals surface area (Å²) in [4.78, 5) is 27.8. The number of aromatic nitrogens is 1. The molecule has 7 heteroatoms. The zero-order valence-electron chi connectivity index (χ0n) is 13.1. The van der Waals surface area contributed by atoms with Gasteiger partial charge in [-0.2, -0.15) is 0 Å². The van der Waals surface area contributed by atoms with Gasteiger partial charge in [-0.3, -0.25) is 14.6 Å². The number of anilines is 2. The van der Waals surface area contributed by atoms with Gasteiger partial charge in [-0.1, -0.05) is 12.1 Å². The number of halogens is 2. The van der Waals surface area contributed by atoms with E-state index in [4.69, 9.17) is 0 Å². The van der Waals surface area contributed by atoms with Crippen LogP contribution in [0.25, 0.3) is 10.9 Å². The van der Waals surface area contributed by atoms with Gasteiger partial charge in [0.25, 0.3) is 5.91 Å². The van der Waals surface area contributed by atoms with Crippen molar-refractivity contribution in [1.82, 2.24) is 4.98 Å². The lowest BCUT2D eigenvalue weighted by Crippen LogP contribution is -2.15. The van der Waals surface area contributed by atoms with Gasteiger partial charge in [0.05, 0.1) is 16.9 Å². The number of nitrogens with one attached hydrogen (secondary N) is 2. The molecular formula is C18H13F2N3O2. The summed E-state index contributed by atoms with van der Waals surface area (Å²) in [6.45, 7) is 1.20. The number of rotatable bonds is 3. The highest BCUT2D eigenvalue weighted by Gasteiger charge is 2.16. The quantitative estimate of drug-likeness (QED) is 0.763. The van der Waals surface area contributed by atoms with Crippen LogP contribution in [0.1, 0.15) is 17.3 Å². The summed E-state index contributed by atoms with van der Waals surface area (Å²) < 4.78 is 27.7. The topological polar surface area (TPSA) is 71.1 Å². The van der Waals surface area contributed by atoms with Gasteiger partial charge in [0.2, 0.25) is 5.91 Å². The third-order valence-corrected chi connectivity index (χ3v) is 3.51. The summed E-state index contributed by atoms with van der Waals surface area (Å²) >= 11 is 0. The maximum atomic E-state index is 14.0. The summed E-state index contributed by atoms with van der Waals surface area (Å²) in [5.74, 6) is -2.96. The normalized spacial score (nSPS) is 10.5. The Balaban J connectivity index is 1.96. The second-order valence-electron chi connectivity index (χ2n) is 5.32. The molecule has 3 aromatic rings. The fraction of sp³-hybridized carbons (Fsp3) is 0.0556. The van der Waals surface area contributed by atoms with Gasteiger partial charge in [-0.25, -0.2) is 8.78 Å². The molecule has 0 radical (unpaired) electrons. The molecule has 0 atom stereocenters. The number of carbonyl (C=O) groups excluding carboxylic acids is 2. The predicted octanol–water partition coefficient (Wildman–Crippen LogP) is 3.72. The van der Waals surface area contributed by atoms with Crippen LogP contribution in [-0.4, -0.2) is 16.8 Å². The Morgan fingerprint density at radius 3 is 2.40 bits per heavy atom. The van der Waals surface area contributed by atoms with Gasteiger partial charge in [-0.15, -0.1) is 0 Å². The van der Waals surface area contributed by atoms with E-state index in [0.29, 0.717) is 22.5 Å². The van der Waals surface area contributed by atoms with Crippen molar-refractivity contribution >= 4 is 34.1 Å². The number of pyridine rings is 1. The molecule has 2 amide bonds. The van der Waals surface area contributed by atoms with Crippen LogP contribution in [0.2, 0.25) is 0 Å². The maximum absolute atomic E-state index is 14.0. The van der Waals surface area contributed by atoms with E-state index in [2.05, 4.69) is 15.6 Å². The Bertz CT molecular complexity index is 984. The first-order chi connectivity index (χ1) is 12.0. The number of fused-ring (bicyclic) bond motifs is 1. The van der Waals surface area contributed by atoms with Crippen molar-refractivity contribution in [1.29, 1.82) is 0 Å². The van der Waals surface area contributed by atoms with Crippen LogP contribution in [0.3, 0.4) is 0 Å². The number of benzene rings is 2. The molecule has 0 unspecified atom stereocenters. The van der Waals surface area contributed by atoms with Crippen LogP contribution >= 0.6 is 0 Å². The lowest BCUT2D eigenvalue weighted by atomic mass is 10.1. The molecule has 0 aliphatic heterocycles. The number of amides is 2. The second-order valence-corrected chi connectivity index (χ2v) is 5.32. The first kappa shape index (κ1) is 16.5. The molecule has 0 spiro atoms. The molecule has 0 aliphatic carbocycles. The number of hydrogen-bond acceptors (Lipinski definition) is 3. The molecule has 25 heavy (non-hydrogen) atoms. The molecule has 5 nitrogen and oxygen atoms in total. The highest BCUT2D eigenvalue weighted by molar-refractivity contribution is 6.12. The van der Waals surface area contributed by atoms with Gasteiger partial charge in [0.1, 0.15) is 11.6 Å². The van der Waals surface area contributed by atoms with Crippen LogP contribution in [0.5, 0.6) is 0 Å². The lowest BCUT2D eigenvalue weighted by Gasteiger charge is -2.11. The summed E-state index contributed by atoms with van der Waals surface area (Å²) in [6, 6.07) is 10.0. The van der Waals surface area contributed by atoms with Crippen molar-refractivity contribution in [3.05, 3.63) is 65.9 Å². The van der Waals surface area contributed by atoms with Gasteiger partial charge in [0.15, 0.2) is 0 Å². The molecule has 2 N–H and O–H groups in total. The fourth-order valence-corrected chi connectivity index (χ4v) is 2.42. The third kappa shape index (κ3) is 3.45. The van der Waals surface area contributed by atoms with Crippen LogP contribution in [-0.2, 0) is 4.79 Å². The average Bonchev–Trinajstić information content (AvgIpc) is 2.58. The smallest absolute Gasteiger partial charge is 0.256 e. The van der Waals surface area contributed by atoms with E-state index in [9.17, 15) is 18.4 Å². The van der Waals surface area contributed by atoms with E-state index in [-0.39, 0.29) is 11.4 Å². The van der Waals surface area contributed by atoms with E-state index in [1.54, 1.807) is 36.5 Å². The minimum atomic E-state index is -0.946. The van der Waals surface area contributed by atoms with Crippen molar-refractivity contribution in [3.63, 3.8) is 0 Å². The van der Waals surface area contributed by atoms with Crippen molar-refractivity contribution < 1.29 is 18.4 Å². The lowest BCUT2D eigenvalue weighted by molar-refractivity contribution is -0.114. The molecule has 0 saturated carbocycles. The molecule has 0 saturated heterocycles. The molecule has 0 aliphatic rings. The van der Waals surface area contributed by atoms with E-state index in [1.165, 1.54) is 6.92 Å². The Morgan fingerprint density at radius 1 is 0.960 bits per heavy atom. The minimum absolute atomic E-state index is 0.219. The van der Waals surface area contributed by atoms with Crippen molar-refractivity contribution in [3.8, 4) is 0 Å². The Labute approximate surface area is 141 Å². The molecule has 2 aromatic carbocycles. The molecule has 1 aromatic heterocycles.